The quantitative estimate of drug-likeness (QED) is 0.839. The first-order chi connectivity index (χ1) is 7.25. The van der Waals surface area contributed by atoms with Gasteiger partial charge in [-0.2, -0.15) is 4.37 Å². The van der Waals surface area contributed by atoms with Crippen LogP contribution in [-0.2, 0) is 4.79 Å². The second kappa shape index (κ2) is 4.75. The number of hydrogen-bond donors (Lipinski definition) is 1. The van der Waals surface area contributed by atoms with Crippen LogP contribution < -0.4 is 5.32 Å². The molecule has 0 spiro atoms. The van der Waals surface area contributed by atoms with Crippen molar-refractivity contribution in [2.24, 2.45) is 5.92 Å². The first-order valence-corrected chi connectivity index (χ1v) is 6.27. The third-order valence-corrected chi connectivity index (χ3v) is 3.65. The SMILES string of the molecule is Cc1cc(NC(=O)C2CCCCC2)sn1. The lowest BCUT2D eigenvalue weighted by Crippen LogP contribution is -2.24. The number of nitrogens with zero attached hydrogens (tertiary/aromatic N) is 1. The lowest BCUT2D eigenvalue weighted by Gasteiger charge is -2.19. The average Bonchev–Trinajstić information content (AvgIpc) is 2.65. The predicted octanol–water partition coefficient (Wildman–Crippen LogP) is 2.97. The molecule has 0 bridgehead atoms. The van der Waals surface area contributed by atoms with E-state index < -0.39 is 0 Å². The molecule has 0 aliphatic heterocycles. The summed E-state index contributed by atoms with van der Waals surface area (Å²) >= 11 is 1.36. The first-order valence-electron chi connectivity index (χ1n) is 5.50. The van der Waals surface area contributed by atoms with Gasteiger partial charge in [-0.1, -0.05) is 19.3 Å². The monoisotopic (exact) mass is 224 g/mol. The molecule has 0 aromatic carbocycles. The lowest BCUT2D eigenvalue weighted by atomic mass is 9.89. The Balaban J connectivity index is 1.91. The van der Waals surface area contributed by atoms with Gasteiger partial charge in [0.15, 0.2) is 0 Å². The van der Waals surface area contributed by atoms with Crippen LogP contribution in [0.25, 0.3) is 0 Å². The van der Waals surface area contributed by atoms with E-state index >= 15 is 0 Å². The molecule has 1 aliphatic rings. The summed E-state index contributed by atoms with van der Waals surface area (Å²) < 4.78 is 4.14. The van der Waals surface area contributed by atoms with Gasteiger partial charge in [-0.25, -0.2) is 0 Å². The fourth-order valence-electron chi connectivity index (χ4n) is 2.01. The van der Waals surface area contributed by atoms with Gasteiger partial charge in [0.1, 0.15) is 5.00 Å². The van der Waals surface area contributed by atoms with Crippen molar-refractivity contribution in [2.45, 2.75) is 39.0 Å². The fourth-order valence-corrected chi connectivity index (χ4v) is 2.68. The van der Waals surface area contributed by atoms with E-state index in [4.69, 9.17) is 0 Å². The summed E-state index contributed by atoms with van der Waals surface area (Å²) in [4.78, 5) is 11.8. The zero-order chi connectivity index (χ0) is 10.7. The Morgan fingerprint density at radius 3 is 2.80 bits per heavy atom. The molecule has 3 nitrogen and oxygen atoms in total. The average molecular weight is 224 g/mol. The van der Waals surface area contributed by atoms with Crippen molar-refractivity contribution in [3.05, 3.63) is 11.8 Å². The first kappa shape index (κ1) is 10.6. The van der Waals surface area contributed by atoms with Crippen LogP contribution in [0.15, 0.2) is 6.07 Å². The smallest absolute Gasteiger partial charge is 0.228 e. The number of aryl methyl sites for hydroxylation is 1. The standard InChI is InChI=1S/C11H16N2OS/c1-8-7-10(15-13-8)12-11(14)9-5-3-2-4-6-9/h7,9H,2-6H2,1H3,(H,12,14). The largest absolute Gasteiger partial charge is 0.316 e. The molecule has 0 atom stereocenters. The van der Waals surface area contributed by atoms with E-state index in [0.717, 1.165) is 23.5 Å². The van der Waals surface area contributed by atoms with Gasteiger partial charge in [-0.05, 0) is 37.4 Å². The topological polar surface area (TPSA) is 42.0 Å². The highest BCUT2D eigenvalue weighted by Crippen LogP contribution is 2.25. The normalized spacial score (nSPS) is 17.7. The lowest BCUT2D eigenvalue weighted by molar-refractivity contribution is -0.120. The van der Waals surface area contributed by atoms with E-state index in [0.29, 0.717) is 0 Å². The minimum absolute atomic E-state index is 0.179. The molecule has 1 aromatic heterocycles. The van der Waals surface area contributed by atoms with Crippen LogP contribution in [0.1, 0.15) is 37.8 Å². The van der Waals surface area contributed by atoms with Crippen LogP contribution in [0, 0.1) is 12.8 Å². The molecule has 1 aromatic rings. The van der Waals surface area contributed by atoms with Crippen LogP contribution in [0.4, 0.5) is 5.00 Å². The molecular formula is C11H16N2OS. The number of hydrogen-bond acceptors (Lipinski definition) is 3. The van der Waals surface area contributed by atoms with E-state index in [2.05, 4.69) is 9.69 Å². The molecule has 0 saturated heterocycles. The molecule has 1 N–H and O–H groups in total. The van der Waals surface area contributed by atoms with Crippen LogP contribution in [0.2, 0.25) is 0 Å². The molecule has 1 amide bonds. The fraction of sp³-hybridized carbons (Fsp3) is 0.636. The number of carbonyl (C=O) groups excluding carboxylic acids is 1. The molecule has 15 heavy (non-hydrogen) atoms. The molecular weight excluding hydrogens is 208 g/mol. The van der Waals surface area contributed by atoms with Gasteiger partial charge >= 0.3 is 0 Å². The predicted molar refractivity (Wildman–Crippen MR) is 62.1 cm³/mol. The van der Waals surface area contributed by atoms with E-state index in [9.17, 15) is 4.79 Å². The molecule has 0 radical (unpaired) electrons. The molecule has 1 saturated carbocycles. The summed E-state index contributed by atoms with van der Waals surface area (Å²) in [5, 5.41) is 3.83. The zero-order valence-electron chi connectivity index (χ0n) is 8.95. The molecule has 1 fully saturated rings. The van der Waals surface area contributed by atoms with E-state index in [-0.39, 0.29) is 11.8 Å². The Kier molecular flexibility index (Phi) is 3.36. The van der Waals surface area contributed by atoms with Gasteiger partial charge in [0.2, 0.25) is 5.91 Å². The molecule has 1 heterocycles. The van der Waals surface area contributed by atoms with Gasteiger partial charge < -0.3 is 5.32 Å². The maximum atomic E-state index is 11.8. The summed E-state index contributed by atoms with van der Waals surface area (Å²) in [5.74, 6) is 0.402. The van der Waals surface area contributed by atoms with Crippen molar-refractivity contribution >= 4 is 22.4 Å². The minimum atomic E-state index is 0.179. The van der Waals surface area contributed by atoms with Gasteiger partial charge in [-0.15, -0.1) is 0 Å². The Morgan fingerprint density at radius 1 is 1.47 bits per heavy atom. The summed E-state index contributed by atoms with van der Waals surface area (Å²) in [6, 6.07) is 1.92. The number of anilines is 1. The van der Waals surface area contributed by atoms with Crippen LogP contribution in [0.3, 0.4) is 0 Å². The van der Waals surface area contributed by atoms with E-state index in [1.54, 1.807) is 0 Å². The molecule has 0 unspecified atom stereocenters. The Morgan fingerprint density at radius 2 is 2.20 bits per heavy atom. The Bertz CT molecular complexity index is 342. The number of rotatable bonds is 2. The van der Waals surface area contributed by atoms with Gasteiger partial charge in [0.05, 0.1) is 5.69 Å². The second-order valence-corrected chi connectivity index (χ2v) is 4.96. The van der Waals surface area contributed by atoms with Crippen molar-refractivity contribution in [3.8, 4) is 0 Å². The van der Waals surface area contributed by atoms with E-state index in [1.165, 1.54) is 30.8 Å². The summed E-state index contributed by atoms with van der Waals surface area (Å²) in [6.45, 7) is 1.94. The summed E-state index contributed by atoms with van der Waals surface area (Å²) in [7, 11) is 0. The maximum Gasteiger partial charge on any atom is 0.228 e. The van der Waals surface area contributed by atoms with Gasteiger partial charge in [-0.3, -0.25) is 4.79 Å². The highest BCUT2D eigenvalue weighted by atomic mass is 32.1. The van der Waals surface area contributed by atoms with Crippen molar-refractivity contribution in [2.75, 3.05) is 5.32 Å². The Hall–Kier alpha value is -0.900. The molecule has 4 heteroatoms. The molecule has 82 valence electrons. The second-order valence-electron chi connectivity index (χ2n) is 4.16. The highest BCUT2D eigenvalue weighted by Gasteiger charge is 2.21. The maximum absolute atomic E-state index is 11.8. The number of aromatic nitrogens is 1. The number of nitrogens with one attached hydrogen (secondary N) is 1. The third kappa shape index (κ3) is 2.78. The van der Waals surface area contributed by atoms with Crippen molar-refractivity contribution in [1.29, 1.82) is 0 Å². The van der Waals surface area contributed by atoms with Gasteiger partial charge in [0.25, 0.3) is 0 Å². The highest BCUT2D eigenvalue weighted by molar-refractivity contribution is 7.10. The summed E-state index contributed by atoms with van der Waals surface area (Å²) in [6.07, 6.45) is 5.76. The number of carbonyl (C=O) groups is 1. The zero-order valence-corrected chi connectivity index (χ0v) is 9.77. The van der Waals surface area contributed by atoms with Gasteiger partial charge in [0, 0.05) is 5.92 Å². The van der Waals surface area contributed by atoms with Crippen molar-refractivity contribution in [3.63, 3.8) is 0 Å². The molecule has 2 rings (SSSR count). The van der Waals surface area contributed by atoms with Crippen LogP contribution in [0.5, 0.6) is 0 Å². The minimum Gasteiger partial charge on any atom is -0.316 e. The van der Waals surface area contributed by atoms with E-state index in [1.807, 2.05) is 13.0 Å². The van der Waals surface area contributed by atoms with Crippen molar-refractivity contribution < 1.29 is 4.79 Å². The number of amides is 1. The van der Waals surface area contributed by atoms with Crippen LogP contribution >= 0.6 is 11.5 Å². The van der Waals surface area contributed by atoms with Crippen LogP contribution in [-0.4, -0.2) is 10.3 Å². The third-order valence-electron chi connectivity index (χ3n) is 2.85. The molecule has 1 aliphatic carbocycles. The van der Waals surface area contributed by atoms with Crippen molar-refractivity contribution in [1.82, 2.24) is 4.37 Å². The summed E-state index contributed by atoms with van der Waals surface area (Å²) in [5.41, 5.74) is 0.971. The Labute approximate surface area is 94.1 Å².